The number of hydrogen-bond donors (Lipinski definition) is 3. The van der Waals surface area contributed by atoms with Crippen LogP contribution in [0.3, 0.4) is 0 Å². The number of rotatable bonds is 7. The van der Waals surface area contributed by atoms with E-state index in [9.17, 15) is 9.90 Å². The Morgan fingerprint density at radius 2 is 1.85 bits per heavy atom. The zero-order valence-electron chi connectivity index (χ0n) is 15.0. The number of aliphatic hydroxyl groups is 1. The van der Waals surface area contributed by atoms with E-state index < -0.39 is 4.75 Å². The van der Waals surface area contributed by atoms with E-state index in [1.54, 1.807) is 0 Å². The van der Waals surface area contributed by atoms with Gasteiger partial charge in [-0.3, -0.25) is 4.79 Å². The maximum Gasteiger partial charge on any atom is 0.236 e. The summed E-state index contributed by atoms with van der Waals surface area (Å²) in [5.74, 6) is -0.0785. The molecule has 0 aliphatic heterocycles. The second kappa shape index (κ2) is 7.98. The summed E-state index contributed by atoms with van der Waals surface area (Å²) in [6.45, 7) is 3.71. The number of fused-ring (bicyclic) bond motifs is 1. The van der Waals surface area contributed by atoms with Gasteiger partial charge in [0.25, 0.3) is 0 Å². The van der Waals surface area contributed by atoms with E-state index in [-0.39, 0.29) is 18.6 Å². The highest BCUT2D eigenvalue weighted by Crippen LogP contribution is 2.32. The first-order valence-corrected chi connectivity index (χ1v) is 9.52. The van der Waals surface area contributed by atoms with Crippen molar-refractivity contribution < 1.29 is 9.90 Å². The fourth-order valence-electron chi connectivity index (χ4n) is 2.92. The Morgan fingerprint density at radius 3 is 2.58 bits per heavy atom. The van der Waals surface area contributed by atoms with Crippen molar-refractivity contribution in [2.45, 2.75) is 36.0 Å². The van der Waals surface area contributed by atoms with Crippen LogP contribution in [-0.4, -0.2) is 33.4 Å². The summed E-state index contributed by atoms with van der Waals surface area (Å²) >= 11 is 1.52. The summed E-state index contributed by atoms with van der Waals surface area (Å²) in [6, 6.07) is 17.6. The number of aliphatic hydroxyl groups excluding tert-OH is 1. The summed E-state index contributed by atoms with van der Waals surface area (Å²) in [6.07, 6.45) is 2.53. The van der Waals surface area contributed by atoms with Crippen LogP contribution in [-0.2, 0) is 11.2 Å². The quantitative estimate of drug-likeness (QED) is 0.556. The number of amides is 1. The predicted octanol–water partition coefficient (Wildman–Crippen LogP) is 3.76. The van der Waals surface area contributed by atoms with Crippen LogP contribution in [0.15, 0.2) is 65.7 Å². The van der Waals surface area contributed by atoms with Crippen molar-refractivity contribution >= 4 is 28.6 Å². The molecule has 0 fully saturated rings. The fraction of sp³-hybridized carbons (Fsp3) is 0.286. The molecular weight excluding hydrogens is 344 g/mol. The van der Waals surface area contributed by atoms with E-state index in [1.807, 2.05) is 74.6 Å². The number of carbonyl (C=O) groups is 1. The van der Waals surface area contributed by atoms with Crippen LogP contribution in [0.5, 0.6) is 0 Å². The van der Waals surface area contributed by atoms with Crippen LogP contribution >= 0.6 is 11.8 Å². The normalized spacial score (nSPS) is 12.9. The molecule has 5 heteroatoms. The zero-order valence-corrected chi connectivity index (χ0v) is 15.8. The summed E-state index contributed by atoms with van der Waals surface area (Å²) in [5, 5.41) is 13.9. The molecule has 1 atom stereocenters. The first-order chi connectivity index (χ1) is 12.5. The molecule has 136 valence electrons. The Bertz CT molecular complexity index is 874. The maximum absolute atomic E-state index is 12.8. The Hall–Kier alpha value is -2.24. The highest BCUT2D eigenvalue weighted by Gasteiger charge is 2.30. The summed E-state index contributed by atoms with van der Waals surface area (Å²) < 4.78 is -0.630. The standard InChI is InChI=1S/C21H24N2O2S/c1-21(2,26-17-8-4-3-5-9-17)20(25)23-16(14-24)12-15-13-22-19-11-7-6-10-18(15)19/h3-11,13,16,22,24H,12,14H2,1-2H3,(H,23,25)/t16-/m0/s1. The van der Waals surface area contributed by atoms with E-state index in [2.05, 4.69) is 10.3 Å². The van der Waals surface area contributed by atoms with Crippen molar-refractivity contribution in [3.63, 3.8) is 0 Å². The Balaban J connectivity index is 1.68. The van der Waals surface area contributed by atoms with Gasteiger partial charge in [-0.25, -0.2) is 0 Å². The van der Waals surface area contributed by atoms with Crippen LogP contribution in [0.25, 0.3) is 10.9 Å². The summed E-state index contributed by atoms with van der Waals surface area (Å²) in [7, 11) is 0. The van der Waals surface area contributed by atoms with Gasteiger partial charge in [0, 0.05) is 22.0 Å². The third-order valence-corrected chi connectivity index (χ3v) is 5.56. The minimum Gasteiger partial charge on any atom is -0.394 e. The van der Waals surface area contributed by atoms with E-state index in [1.165, 1.54) is 11.8 Å². The maximum atomic E-state index is 12.8. The fourth-order valence-corrected chi connectivity index (χ4v) is 3.95. The molecule has 4 nitrogen and oxygen atoms in total. The van der Waals surface area contributed by atoms with Crippen molar-refractivity contribution in [3.8, 4) is 0 Å². The molecule has 3 N–H and O–H groups in total. The second-order valence-corrected chi connectivity index (χ2v) is 8.54. The molecule has 0 radical (unpaired) electrons. The van der Waals surface area contributed by atoms with E-state index in [0.717, 1.165) is 21.4 Å². The number of carbonyl (C=O) groups excluding carboxylic acids is 1. The molecule has 0 saturated carbocycles. The lowest BCUT2D eigenvalue weighted by Crippen LogP contribution is -2.47. The lowest BCUT2D eigenvalue weighted by molar-refractivity contribution is -0.123. The average molecular weight is 369 g/mol. The van der Waals surface area contributed by atoms with E-state index in [0.29, 0.717) is 6.42 Å². The van der Waals surface area contributed by atoms with Gasteiger partial charge in [-0.05, 0) is 44.0 Å². The van der Waals surface area contributed by atoms with E-state index in [4.69, 9.17) is 0 Å². The molecule has 0 unspecified atom stereocenters. The predicted molar refractivity (Wildman–Crippen MR) is 107 cm³/mol. The topological polar surface area (TPSA) is 65.1 Å². The largest absolute Gasteiger partial charge is 0.394 e. The first-order valence-electron chi connectivity index (χ1n) is 8.70. The van der Waals surface area contributed by atoms with Gasteiger partial charge in [-0.1, -0.05) is 36.4 Å². The van der Waals surface area contributed by atoms with Gasteiger partial charge >= 0.3 is 0 Å². The average Bonchev–Trinajstić information content (AvgIpc) is 3.04. The SMILES string of the molecule is CC(C)(Sc1ccccc1)C(=O)N[C@H](CO)Cc1c[nH]c2ccccc12. The third-order valence-electron chi connectivity index (χ3n) is 4.36. The number of aromatic nitrogens is 1. The molecule has 2 aromatic carbocycles. The van der Waals surface area contributed by atoms with Crippen molar-refractivity contribution in [3.05, 3.63) is 66.4 Å². The lowest BCUT2D eigenvalue weighted by Gasteiger charge is -2.26. The minimum absolute atomic E-state index is 0.0785. The van der Waals surface area contributed by atoms with Gasteiger partial charge in [0.15, 0.2) is 0 Å². The molecule has 3 rings (SSSR count). The molecule has 1 heterocycles. The monoisotopic (exact) mass is 368 g/mol. The molecule has 1 amide bonds. The summed E-state index contributed by atoms with van der Waals surface area (Å²) in [4.78, 5) is 17.1. The number of thioether (sulfide) groups is 1. The number of aromatic amines is 1. The number of H-pyrrole nitrogens is 1. The second-order valence-electron chi connectivity index (χ2n) is 6.84. The molecule has 3 aromatic rings. The van der Waals surface area contributed by atoms with Crippen LogP contribution in [0.1, 0.15) is 19.4 Å². The Labute approximate surface area is 158 Å². The molecule has 0 aliphatic rings. The van der Waals surface area contributed by atoms with Gasteiger partial charge in [0.05, 0.1) is 17.4 Å². The molecule has 0 spiro atoms. The summed E-state index contributed by atoms with van der Waals surface area (Å²) in [5.41, 5.74) is 2.15. The van der Waals surface area contributed by atoms with Crippen molar-refractivity contribution in [2.75, 3.05) is 6.61 Å². The molecule has 26 heavy (non-hydrogen) atoms. The minimum atomic E-state index is -0.630. The Kier molecular flexibility index (Phi) is 5.69. The highest BCUT2D eigenvalue weighted by molar-refractivity contribution is 8.01. The van der Waals surface area contributed by atoms with Crippen LogP contribution in [0.2, 0.25) is 0 Å². The van der Waals surface area contributed by atoms with Gasteiger partial charge in [-0.15, -0.1) is 11.8 Å². The van der Waals surface area contributed by atoms with Crippen molar-refractivity contribution in [1.29, 1.82) is 0 Å². The molecule has 0 saturated heterocycles. The molecule has 1 aromatic heterocycles. The van der Waals surface area contributed by atoms with E-state index >= 15 is 0 Å². The smallest absolute Gasteiger partial charge is 0.236 e. The molecule has 0 bridgehead atoms. The number of nitrogens with one attached hydrogen (secondary N) is 2. The zero-order chi connectivity index (χ0) is 18.6. The van der Waals surface area contributed by atoms with Crippen molar-refractivity contribution in [1.82, 2.24) is 10.3 Å². The van der Waals surface area contributed by atoms with Crippen LogP contribution < -0.4 is 5.32 Å². The van der Waals surface area contributed by atoms with Gasteiger partial charge in [0.1, 0.15) is 0 Å². The van der Waals surface area contributed by atoms with Gasteiger partial charge < -0.3 is 15.4 Å². The first kappa shape index (κ1) is 18.5. The molecule has 0 aliphatic carbocycles. The number of para-hydroxylation sites is 1. The lowest BCUT2D eigenvalue weighted by atomic mass is 10.0. The van der Waals surface area contributed by atoms with Crippen molar-refractivity contribution in [2.24, 2.45) is 0 Å². The van der Waals surface area contributed by atoms with Crippen LogP contribution in [0.4, 0.5) is 0 Å². The number of hydrogen-bond acceptors (Lipinski definition) is 3. The highest BCUT2D eigenvalue weighted by atomic mass is 32.2. The number of benzene rings is 2. The Morgan fingerprint density at radius 1 is 1.15 bits per heavy atom. The molecular formula is C21H24N2O2S. The van der Waals surface area contributed by atoms with Gasteiger partial charge in [-0.2, -0.15) is 0 Å². The van der Waals surface area contributed by atoms with Gasteiger partial charge in [0.2, 0.25) is 5.91 Å². The third kappa shape index (κ3) is 4.29. The van der Waals surface area contributed by atoms with Crippen LogP contribution in [0, 0.1) is 0 Å².